The summed E-state index contributed by atoms with van der Waals surface area (Å²) in [7, 11) is 2.14. The average molecular weight is 531 g/mol. The van der Waals surface area contributed by atoms with Crippen LogP contribution in [-0.2, 0) is 9.53 Å². The molecule has 0 radical (unpaired) electrons. The van der Waals surface area contributed by atoms with E-state index in [1.54, 1.807) is 0 Å². The second-order valence-corrected chi connectivity index (χ2v) is 12.0. The van der Waals surface area contributed by atoms with Crippen molar-refractivity contribution in [2.75, 3.05) is 33.4 Å². The van der Waals surface area contributed by atoms with E-state index in [0.29, 0.717) is 38.0 Å². The third-order valence-corrected chi connectivity index (χ3v) is 9.72. The molecule has 5 N–H and O–H groups in total. The van der Waals surface area contributed by atoms with Crippen LogP contribution in [0.2, 0.25) is 0 Å². The number of ketones is 1. The molecule has 9 atom stereocenters. The van der Waals surface area contributed by atoms with Crippen LogP contribution in [0.15, 0.2) is 0 Å². The molecular weight excluding hydrogens is 485 g/mol. The Balaban J connectivity index is 1.10. The van der Waals surface area contributed by atoms with E-state index in [9.17, 15) is 18.0 Å². The summed E-state index contributed by atoms with van der Waals surface area (Å²) in [5.74, 6) is -1.24. The lowest BCUT2D eigenvalue weighted by molar-refractivity contribution is -0.238. The van der Waals surface area contributed by atoms with Gasteiger partial charge >= 0.3 is 6.18 Å². The van der Waals surface area contributed by atoms with Crippen LogP contribution in [0.1, 0.15) is 64.2 Å². The third kappa shape index (κ3) is 6.50. The van der Waals surface area contributed by atoms with Crippen molar-refractivity contribution in [3.63, 3.8) is 0 Å². The van der Waals surface area contributed by atoms with Crippen LogP contribution >= 0.6 is 0 Å². The molecule has 5 aliphatic rings. The maximum Gasteiger partial charge on any atom is 0.394 e. The van der Waals surface area contributed by atoms with Gasteiger partial charge in [-0.1, -0.05) is 12.8 Å². The van der Waals surface area contributed by atoms with Crippen LogP contribution in [0, 0.1) is 23.7 Å². The summed E-state index contributed by atoms with van der Waals surface area (Å²) in [4.78, 5) is 15.7. The highest BCUT2D eigenvalue weighted by Gasteiger charge is 2.52. The minimum absolute atomic E-state index is 0.00799. The summed E-state index contributed by atoms with van der Waals surface area (Å²) in [6, 6.07) is 0.682. The molecule has 8 unspecified atom stereocenters. The molecule has 0 aromatic carbocycles. The Hall–Kier alpha value is -0.820. The van der Waals surface area contributed by atoms with E-state index in [1.807, 2.05) is 0 Å². The summed E-state index contributed by atoms with van der Waals surface area (Å²) in [5, 5.41) is 10.5. The zero-order chi connectivity index (χ0) is 26.0. The van der Waals surface area contributed by atoms with Gasteiger partial charge in [-0.05, 0) is 70.4 Å². The number of alkyl halides is 3. The molecule has 3 aliphatic heterocycles. The van der Waals surface area contributed by atoms with Crippen molar-refractivity contribution in [1.29, 1.82) is 0 Å². The lowest BCUT2D eigenvalue weighted by atomic mass is 9.68. The van der Waals surface area contributed by atoms with Gasteiger partial charge in [-0.2, -0.15) is 13.2 Å². The predicted molar refractivity (Wildman–Crippen MR) is 134 cm³/mol. The highest BCUT2D eigenvalue weighted by Crippen LogP contribution is 2.47. The van der Waals surface area contributed by atoms with Gasteiger partial charge in [-0.3, -0.25) is 15.0 Å². The van der Waals surface area contributed by atoms with Crippen molar-refractivity contribution in [1.82, 2.24) is 31.7 Å². The van der Waals surface area contributed by atoms with Gasteiger partial charge < -0.3 is 15.4 Å². The number of rotatable bonds is 7. The number of halogens is 3. The molecule has 2 aliphatic carbocycles. The van der Waals surface area contributed by atoms with Crippen molar-refractivity contribution in [3.05, 3.63) is 0 Å². The molecule has 5 rings (SSSR count). The van der Waals surface area contributed by atoms with Crippen molar-refractivity contribution in [3.8, 4) is 0 Å². The largest absolute Gasteiger partial charge is 0.394 e. The number of fused-ring (bicyclic) bond motifs is 1. The quantitative estimate of drug-likeness (QED) is 0.342. The summed E-state index contributed by atoms with van der Waals surface area (Å²) in [6.07, 6.45) is 2.85. The fraction of sp³-hybridized carbons (Fsp3) is 0.962. The van der Waals surface area contributed by atoms with Crippen LogP contribution in [0.3, 0.4) is 0 Å². The minimum atomic E-state index is -4.22. The Bertz CT molecular complexity index is 767. The van der Waals surface area contributed by atoms with Crippen LogP contribution < -0.4 is 26.8 Å². The SMILES string of the molecule is CN1C(CNC2CCCC(C(=O)C[C@H]3CCOC4C3CCCC4C(F)(F)F)C2)NNC1C1CCNCN1. The Kier molecular flexibility index (Phi) is 9.10. The van der Waals surface area contributed by atoms with E-state index in [1.165, 1.54) is 0 Å². The normalized spacial score (nSPS) is 41.9. The molecule has 11 heteroatoms. The molecule has 3 saturated heterocycles. The first kappa shape index (κ1) is 27.7. The maximum atomic E-state index is 13.6. The van der Waals surface area contributed by atoms with Crippen molar-refractivity contribution < 1.29 is 22.7 Å². The van der Waals surface area contributed by atoms with Gasteiger partial charge in [0.2, 0.25) is 0 Å². The van der Waals surface area contributed by atoms with Crippen LogP contribution in [0.4, 0.5) is 13.2 Å². The van der Waals surface area contributed by atoms with Gasteiger partial charge in [0, 0.05) is 44.2 Å². The van der Waals surface area contributed by atoms with E-state index in [-0.39, 0.29) is 42.3 Å². The number of nitrogens with one attached hydrogen (secondary N) is 5. The zero-order valence-corrected chi connectivity index (χ0v) is 22.0. The van der Waals surface area contributed by atoms with Gasteiger partial charge in [0.15, 0.2) is 0 Å². The van der Waals surface area contributed by atoms with E-state index in [4.69, 9.17) is 4.74 Å². The first-order valence-electron chi connectivity index (χ1n) is 14.4. The van der Waals surface area contributed by atoms with E-state index in [2.05, 4.69) is 38.7 Å². The van der Waals surface area contributed by atoms with Crippen LogP contribution in [0.25, 0.3) is 0 Å². The smallest absolute Gasteiger partial charge is 0.377 e. The molecule has 212 valence electrons. The fourth-order valence-electron chi connectivity index (χ4n) is 7.57. The molecule has 37 heavy (non-hydrogen) atoms. The number of hydrazine groups is 1. The second-order valence-electron chi connectivity index (χ2n) is 12.0. The summed E-state index contributed by atoms with van der Waals surface area (Å²) in [6.45, 7) is 2.97. The molecule has 0 bridgehead atoms. The summed E-state index contributed by atoms with van der Waals surface area (Å²) < 4.78 is 46.4. The number of hydrogen-bond donors (Lipinski definition) is 5. The van der Waals surface area contributed by atoms with Gasteiger partial charge in [-0.15, -0.1) is 0 Å². The highest BCUT2D eigenvalue weighted by molar-refractivity contribution is 5.81. The molecule has 5 fully saturated rings. The van der Waals surface area contributed by atoms with E-state index in [0.717, 1.165) is 58.3 Å². The molecule has 8 nitrogen and oxygen atoms in total. The van der Waals surface area contributed by atoms with Gasteiger partial charge in [-0.25, -0.2) is 10.9 Å². The van der Waals surface area contributed by atoms with Gasteiger partial charge in [0.05, 0.1) is 24.4 Å². The second kappa shape index (κ2) is 12.1. The van der Waals surface area contributed by atoms with E-state index >= 15 is 0 Å². The molecule has 3 heterocycles. The van der Waals surface area contributed by atoms with E-state index < -0.39 is 18.2 Å². The molecule has 0 amide bonds. The first-order valence-corrected chi connectivity index (χ1v) is 14.4. The number of likely N-dealkylation sites (N-methyl/N-ethyl adjacent to an activating group) is 1. The fourth-order valence-corrected chi connectivity index (χ4v) is 7.57. The lowest BCUT2D eigenvalue weighted by Gasteiger charge is -2.46. The summed E-state index contributed by atoms with van der Waals surface area (Å²) in [5.41, 5.74) is 6.85. The Morgan fingerprint density at radius 3 is 2.70 bits per heavy atom. The topological polar surface area (TPSA) is 89.7 Å². The summed E-state index contributed by atoms with van der Waals surface area (Å²) >= 11 is 0. The Labute approximate surface area is 218 Å². The minimum Gasteiger partial charge on any atom is -0.377 e. The number of carbonyl (C=O) groups excluding carboxylic acids is 1. The first-order chi connectivity index (χ1) is 17.8. The Morgan fingerprint density at radius 1 is 1.08 bits per heavy atom. The predicted octanol–water partition coefficient (Wildman–Crippen LogP) is 2.08. The molecule has 2 saturated carbocycles. The zero-order valence-electron chi connectivity index (χ0n) is 22.0. The van der Waals surface area contributed by atoms with Crippen LogP contribution in [-0.4, -0.2) is 80.8 Å². The van der Waals surface area contributed by atoms with Gasteiger partial charge in [0.25, 0.3) is 0 Å². The Morgan fingerprint density at radius 2 is 1.92 bits per heavy atom. The number of nitrogens with zero attached hydrogens (tertiary/aromatic N) is 1. The standard InChI is InChI=1S/C26H45F3N6O2/c1-35-23(33-34-25(35)21-8-10-30-15-32-21)14-31-18-5-2-4-17(12-18)22(36)13-16-9-11-37-24-19(16)6-3-7-20(24)26(27,28)29/h16-21,23-25,30-34H,2-15H2,1H3/t16-,17?,18?,19?,20?,21?,23?,24?,25?/m1/s1. The molecule has 0 aromatic heterocycles. The van der Waals surface area contributed by atoms with Crippen molar-refractivity contribution in [2.24, 2.45) is 23.7 Å². The van der Waals surface area contributed by atoms with Gasteiger partial charge in [0.1, 0.15) is 5.78 Å². The molecule has 0 spiro atoms. The average Bonchev–Trinajstić information content (AvgIpc) is 3.27. The monoisotopic (exact) mass is 530 g/mol. The van der Waals surface area contributed by atoms with Crippen molar-refractivity contribution >= 4 is 5.78 Å². The maximum absolute atomic E-state index is 13.6. The van der Waals surface area contributed by atoms with Crippen molar-refractivity contribution in [2.45, 2.75) is 101 Å². The molecular formula is C26H45F3N6O2. The number of Topliss-reactive ketones (excluding diaryl/α,β-unsaturated/α-hetero) is 1. The number of hydrogen-bond acceptors (Lipinski definition) is 8. The highest BCUT2D eigenvalue weighted by atomic mass is 19.4. The third-order valence-electron chi connectivity index (χ3n) is 9.72. The number of ether oxygens (including phenoxy) is 1. The number of carbonyl (C=O) groups is 1. The molecule has 0 aromatic rings. The lowest BCUT2D eigenvalue weighted by Crippen LogP contribution is -2.58. The van der Waals surface area contributed by atoms with Crippen LogP contribution in [0.5, 0.6) is 0 Å².